The molecule has 0 aliphatic carbocycles. The normalized spacial score (nSPS) is 22.9. The standard InChI is InChI=1S/C20H24F2N4O2/c1-12-8-26(9-13(2)28-12)20-23-18-11-25(6-5-16(18)19(27)24-20)10-14-7-15(21)3-4-17(14)22/h3-4,7,12-13H,5-6,8-11H2,1-2H3,(H,23,24,27). The van der Waals surface area contributed by atoms with Gasteiger partial charge in [-0.15, -0.1) is 0 Å². The average molecular weight is 390 g/mol. The van der Waals surface area contributed by atoms with Crippen LogP contribution in [0, 0.1) is 11.6 Å². The summed E-state index contributed by atoms with van der Waals surface area (Å²) in [5.41, 5.74) is 1.57. The third-order valence-corrected chi connectivity index (χ3v) is 5.26. The highest BCUT2D eigenvalue weighted by Gasteiger charge is 2.27. The molecule has 0 radical (unpaired) electrons. The Morgan fingerprint density at radius 2 is 2.00 bits per heavy atom. The van der Waals surface area contributed by atoms with Gasteiger partial charge in [-0.1, -0.05) is 0 Å². The number of nitrogens with one attached hydrogen (secondary N) is 1. The Kier molecular flexibility index (Phi) is 5.16. The second-order valence-corrected chi connectivity index (χ2v) is 7.67. The smallest absolute Gasteiger partial charge is 0.255 e. The molecular weight excluding hydrogens is 366 g/mol. The monoisotopic (exact) mass is 390 g/mol. The number of ether oxygens (including phenoxy) is 1. The number of H-pyrrole nitrogens is 1. The van der Waals surface area contributed by atoms with Crippen molar-refractivity contribution in [2.45, 2.75) is 45.6 Å². The Morgan fingerprint density at radius 3 is 2.75 bits per heavy atom. The second-order valence-electron chi connectivity index (χ2n) is 7.67. The van der Waals surface area contributed by atoms with E-state index in [0.29, 0.717) is 55.4 Å². The van der Waals surface area contributed by atoms with Crippen LogP contribution >= 0.6 is 0 Å². The summed E-state index contributed by atoms with van der Waals surface area (Å²) in [7, 11) is 0. The van der Waals surface area contributed by atoms with E-state index in [1.165, 1.54) is 6.07 Å². The molecule has 0 saturated carbocycles. The molecule has 0 spiro atoms. The number of benzene rings is 1. The first-order chi connectivity index (χ1) is 13.4. The number of halogens is 2. The van der Waals surface area contributed by atoms with Crippen molar-refractivity contribution in [2.24, 2.45) is 0 Å². The van der Waals surface area contributed by atoms with Crippen molar-refractivity contribution in [3.05, 3.63) is 57.0 Å². The van der Waals surface area contributed by atoms with Gasteiger partial charge < -0.3 is 9.64 Å². The van der Waals surface area contributed by atoms with Crippen molar-refractivity contribution < 1.29 is 13.5 Å². The zero-order valence-corrected chi connectivity index (χ0v) is 16.0. The largest absolute Gasteiger partial charge is 0.372 e. The van der Waals surface area contributed by atoms with Crippen molar-refractivity contribution in [1.29, 1.82) is 0 Å². The summed E-state index contributed by atoms with van der Waals surface area (Å²) in [4.78, 5) is 24.2. The summed E-state index contributed by atoms with van der Waals surface area (Å²) in [5.74, 6) is -0.339. The quantitative estimate of drug-likeness (QED) is 0.871. The Labute approximate surface area is 162 Å². The van der Waals surface area contributed by atoms with Crippen LogP contribution < -0.4 is 10.5 Å². The molecule has 150 valence electrons. The minimum atomic E-state index is -0.457. The molecule has 2 aliphatic heterocycles. The first-order valence-corrected chi connectivity index (χ1v) is 9.58. The molecule has 1 aromatic heterocycles. The molecule has 1 fully saturated rings. The van der Waals surface area contributed by atoms with Gasteiger partial charge in [-0.3, -0.25) is 14.7 Å². The molecule has 6 nitrogen and oxygen atoms in total. The van der Waals surface area contributed by atoms with E-state index in [0.717, 1.165) is 12.1 Å². The number of hydrogen-bond acceptors (Lipinski definition) is 5. The van der Waals surface area contributed by atoms with Crippen LogP contribution in [0.2, 0.25) is 0 Å². The Hall–Kier alpha value is -2.32. The van der Waals surface area contributed by atoms with Gasteiger partial charge in [0.25, 0.3) is 5.56 Å². The van der Waals surface area contributed by atoms with Crippen molar-refractivity contribution >= 4 is 5.95 Å². The lowest BCUT2D eigenvalue weighted by molar-refractivity contribution is -0.00576. The molecule has 28 heavy (non-hydrogen) atoms. The van der Waals surface area contributed by atoms with Crippen LogP contribution in [0.1, 0.15) is 30.7 Å². The molecule has 1 N–H and O–H groups in total. The summed E-state index contributed by atoms with van der Waals surface area (Å²) in [5, 5.41) is 0. The molecule has 8 heteroatoms. The predicted molar refractivity (Wildman–Crippen MR) is 101 cm³/mol. The lowest BCUT2D eigenvalue weighted by Crippen LogP contribution is -2.47. The molecule has 2 atom stereocenters. The number of aromatic nitrogens is 2. The molecule has 2 aromatic rings. The average Bonchev–Trinajstić information content (AvgIpc) is 2.63. The maximum atomic E-state index is 14.0. The highest BCUT2D eigenvalue weighted by atomic mass is 19.1. The minimum absolute atomic E-state index is 0.0533. The lowest BCUT2D eigenvalue weighted by atomic mass is 10.1. The van der Waals surface area contributed by atoms with E-state index < -0.39 is 11.6 Å². The van der Waals surface area contributed by atoms with E-state index in [9.17, 15) is 13.6 Å². The van der Waals surface area contributed by atoms with Gasteiger partial charge in [0.1, 0.15) is 11.6 Å². The van der Waals surface area contributed by atoms with Gasteiger partial charge in [0.05, 0.1) is 17.9 Å². The number of morpholine rings is 1. The van der Waals surface area contributed by atoms with Crippen molar-refractivity contribution in [3.8, 4) is 0 Å². The Morgan fingerprint density at radius 1 is 1.25 bits per heavy atom. The molecular formula is C20H24F2N4O2. The molecule has 0 bridgehead atoms. The molecule has 1 aromatic carbocycles. The fraction of sp³-hybridized carbons (Fsp3) is 0.500. The van der Waals surface area contributed by atoms with E-state index in [2.05, 4.69) is 4.98 Å². The lowest BCUT2D eigenvalue weighted by Gasteiger charge is -2.36. The number of aromatic amines is 1. The topological polar surface area (TPSA) is 61.5 Å². The van der Waals surface area contributed by atoms with Gasteiger partial charge in [-0.05, 0) is 38.5 Å². The summed E-state index contributed by atoms with van der Waals surface area (Å²) in [6.45, 7) is 6.60. The first kappa shape index (κ1) is 19.0. The minimum Gasteiger partial charge on any atom is -0.372 e. The van der Waals surface area contributed by atoms with Crippen LogP contribution in [0.5, 0.6) is 0 Å². The van der Waals surface area contributed by atoms with Gasteiger partial charge in [-0.2, -0.15) is 0 Å². The molecule has 0 amide bonds. The van der Waals surface area contributed by atoms with Gasteiger partial charge in [-0.25, -0.2) is 13.8 Å². The van der Waals surface area contributed by atoms with Crippen LogP contribution in [0.4, 0.5) is 14.7 Å². The van der Waals surface area contributed by atoms with E-state index >= 15 is 0 Å². The van der Waals surface area contributed by atoms with Crippen LogP contribution in [-0.4, -0.2) is 46.7 Å². The molecule has 3 heterocycles. The van der Waals surface area contributed by atoms with E-state index in [4.69, 9.17) is 9.72 Å². The molecule has 2 unspecified atom stereocenters. The summed E-state index contributed by atoms with van der Waals surface area (Å²) < 4.78 is 33.2. The van der Waals surface area contributed by atoms with E-state index in [-0.39, 0.29) is 24.3 Å². The van der Waals surface area contributed by atoms with Crippen LogP contribution in [-0.2, 0) is 24.2 Å². The molecule has 2 aliphatic rings. The third kappa shape index (κ3) is 3.93. The number of rotatable bonds is 3. The summed E-state index contributed by atoms with van der Waals surface area (Å²) in [6, 6.07) is 3.48. The van der Waals surface area contributed by atoms with Crippen LogP contribution in [0.3, 0.4) is 0 Å². The number of anilines is 1. The zero-order chi connectivity index (χ0) is 19.8. The van der Waals surface area contributed by atoms with Crippen molar-refractivity contribution in [2.75, 3.05) is 24.5 Å². The highest BCUT2D eigenvalue weighted by Crippen LogP contribution is 2.21. The fourth-order valence-electron chi connectivity index (χ4n) is 4.02. The highest BCUT2D eigenvalue weighted by molar-refractivity contribution is 5.35. The first-order valence-electron chi connectivity index (χ1n) is 9.58. The maximum absolute atomic E-state index is 14.0. The SMILES string of the molecule is CC1CN(c2nc3c(c(=O)[nH]2)CCN(Cc2cc(F)ccc2F)C3)CC(C)O1. The number of nitrogens with zero attached hydrogens (tertiary/aromatic N) is 3. The number of hydrogen-bond donors (Lipinski definition) is 1. The fourth-order valence-corrected chi connectivity index (χ4v) is 4.02. The Balaban J connectivity index is 1.56. The number of fused-ring (bicyclic) bond motifs is 1. The third-order valence-electron chi connectivity index (χ3n) is 5.26. The zero-order valence-electron chi connectivity index (χ0n) is 16.0. The van der Waals surface area contributed by atoms with Gasteiger partial charge >= 0.3 is 0 Å². The van der Waals surface area contributed by atoms with Crippen molar-refractivity contribution in [1.82, 2.24) is 14.9 Å². The summed E-state index contributed by atoms with van der Waals surface area (Å²) >= 11 is 0. The van der Waals surface area contributed by atoms with Gasteiger partial charge in [0.15, 0.2) is 0 Å². The van der Waals surface area contributed by atoms with Crippen LogP contribution in [0.25, 0.3) is 0 Å². The molecule has 4 rings (SSSR count). The maximum Gasteiger partial charge on any atom is 0.255 e. The second kappa shape index (κ2) is 7.60. The van der Waals surface area contributed by atoms with E-state index in [1.807, 2.05) is 23.6 Å². The molecule has 1 saturated heterocycles. The Bertz CT molecular complexity index is 923. The summed E-state index contributed by atoms with van der Waals surface area (Å²) in [6.07, 6.45) is 0.639. The van der Waals surface area contributed by atoms with E-state index in [1.54, 1.807) is 0 Å². The van der Waals surface area contributed by atoms with Crippen LogP contribution in [0.15, 0.2) is 23.0 Å². The van der Waals surface area contributed by atoms with Gasteiger partial charge in [0.2, 0.25) is 5.95 Å². The van der Waals surface area contributed by atoms with Gasteiger partial charge in [0, 0.05) is 43.9 Å². The van der Waals surface area contributed by atoms with Crippen molar-refractivity contribution in [3.63, 3.8) is 0 Å². The predicted octanol–water partition coefficient (Wildman–Crippen LogP) is 2.22.